The average Bonchev–Trinajstić information content (AvgIpc) is 3.40. The number of nitrogens with one attached hydrogen (secondary N) is 1. The summed E-state index contributed by atoms with van der Waals surface area (Å²) < 4.78 is 18.1. The van der Waals surface area contributed by atoms with Crippen molar-refractivity contribution >= 4 is 28.7 Å². The third-order valence-corrected chi connectivity index (χ3v) is 5.48. The van der Waals surface area contributed by atoms with Gasteiger partial charge in [0, 0.05) is 22.4 Å². The zero-order valence-electron chi connectivity index (χ0n) is 20.5. The Bertz CT molecular complexity index is 1360. The first-order valence-electron chi connectivity index (χ1n) is 11.5. The molecule has 2 aromatic heterocycles. The second-order valence-electron chi connectivity index (χ2n) is 9.18. The standard InChI is InChI=1S/C27H29N3O5/c1-6-33-19-12-13-21-20(14-19)17(2)25(35-21)26(32)34-16-24(31)28-23-15-22(27(3,4)5)29-30(23)18-10-8-7-9-11-18/h7-15H,6,16H2,1-5H3,(H,28,31). The quantitative estimate of drug-likeness (QED) is 0.359. The first-order valence-corrected chi connectivity index (χ1v) is 11.5. The Morgan fingerprint density at radius 1 is 1.09 bits per heavy atom. The maximum absolute atomic E-state index is 12.7. The van der Waals surface area contributed by atoms with Gasteiger partial charge in [-0.1, -0.05) is 39.0 Å². The van der Waals surface area contributed by atoms with Gasteiger partial charge in [0.2, 0.25) is 5.76 Å². The van der Waals surface area contributed by atoms with Crippen LogP contribution in [0.2, 0.25) is 0 Å². The summed E-state index contributed by atoms with van der Waals surface area (Å²) in [6.45, 7) is 9.87. The molecule has 0 bridgehead atoms. The Labute approximate surface area is 203 Å². The number of para-hydroxylation sites is 1. The Morgan fingerprint density at radius 2 is 1.83 bits per heavy atom. The van der Waals surface area contributed by atoms with Crippen molar-refractivity contribution in [2.45, 2.75) is 40.0 Å². The van der Waals surface area contributed by atoms with Crippen molar-refractivity contribution in [1.29, 1.82) is 0 Å². The maximum Gasteiger partial charge on any atom is 0.375 e. The molecule has 182 valence electrons. The first kappa shape index (κ1) is 24.1. The van der Waals surface area contributed by atoms with Gasteiger partial charge in [0.1, 0.15) is 17.2 Å². The highest BCUT2D eigenvalue weighted by molar-refractivity contribution is 5.98. The second kappa shape index (κ2) is 9.66. The number of benzene rings is 2. The summed E-state index contributed by atoms with van der Waals surface area (Å²) in [4.78, 5) is 25.4. The van der Waals surface area contributed by atoms with Crippen molar-refractivity contribution in [2.75, 3.05) is 18.5 Å². The Hall–Kier alpha value is -4.07. The van der Waals surface area contributed by atoms with Gasteiger partial charge < -0.3 is 19.2 Å². The summed E-state index contributed by atoms with van der Waals surface area (Å²) in [5.41, 5.74) is 2.58. The fraction of sp³-hybridized carbons (Fsp3) is 0.296. The minimum atomic E-state index is -0.709. The molecule has 0 saturated carbocycles. The zero-order valence-corrected chi connectivity index (χ0v) is 20.5. The van der Waals surface area contributed by atoms with Crippen molar-refractivity contribution in [1.82, 2.24) is 9.78 Å². The van der Waals surface area contributed by atoms with E-state index >= 15 is 0 Å². The number of aromatic nitrogens is 2. The van der Waals surface area contributed by atoms with E-state index in [0.717, 1.165) is 16.8 Å². The van der Waals surface area contributed by atoms with E-state index in [4.69, 9.17) is 13.9 Å². The monoisotopic (exact) mass is 475 g/mol. The number of esters is 1. The van der Waals surface area contributed by atoms with Crippen molar-refractivity contribution in [3.63, 3.8) is 0 Å². The molecule has 4 rings (SSSR count). The van der Waals surface area contributed by atoms with Gasteiger partial charge in [-0.05, 0) is 44.2 Å². The van der Waals surface area contributed by atoms with Crippen molar-refractivity contribution in [2.24, 2.45) is 0 Å². The highest BCUT2D eigenvalue weighted by Gasteiger charge is 2.23. The van der Waals surface area contributed by atoms with Crippen LogP contribution in [0.15, 0.2) is 59.0 Å². The minimum absolute atomic E-state index is 0.0609. The molecule has 0 unspecified atom stereocenters. The molecule has 0 aliphatic carbocycles. The van der Waals surface area contributed by atoms with Gasteiger partial charge >= 0.3 is 5.97 Å². The number of rotatable bonds is 7. The van der Waals surface area contributed by atoms with Crippen LogP contribution < -0.4 is 10.1 Å². The topological polar surface area (TPSA) is 95.6 Å². The average molecular weight is 476 g/mol. The molecule has 8 nitrogen and oxygen atoms in total. The minimum Gasteiger partial charge on any atom is -0.494 e. The smallest absolute Gasteiger partial charge is 0.375 e. The van der Waals surface area contributed by atoms with Gasteiger partial charge in [-0.2, -0.15) is 5.10 Å². The van der Waals surface area contributed by atoms with Gasteiger partial charge in [0.15, 0.2) is 6.61 Å². The number of hydrogen-bond acceptors (Lipinski definition) is 6. The summed E-state index contributed by atoms with van der Waals surface area (Å²) in [7, 11) is 0. The lowest BCUT2D eigenvalue weighted by molar-refractivity contribution is -0.119. The maximum atomic E-state index is 12.7. The van der Waals surface area contributed by atoms with Crippen LogP contribution in [-0.4, -0.2) is 34.9 Å². The fourth-order valence-electron chi connectivity index (χ4n) is 3.63. The molecule has 1 amide bonds. The Kier molecular flexibility index (Phi) is 6.64. The number of furan rings is 1. The number of aryl methyl sites for hydroxylation is 1. The number of fused-ring (bicyclic) bond motifs is 1. The van der Waals surface area contributed by atoms with Crippen LogP contribution in [-0.2, 0) is 14.9 Å². The van der Waals surface area contributed by atoms with E-state index in [1.807, 2.05) is 70.2 Å². The summed E-state index contributed by atoms with van der Waals surface area (Å²) in [6, 6.07) is 16.7. The summed E-state index contributed by atoms with van der Waals surface area (Å²) >= 11 is 0. The largest absolute Gasteiger partial charge is 0.494 e. The Morgan fingerprint density at radius 3 is 2.51 bits per heavy atom. The third-order valence-electron chi connectivity index (χ3n) is 5.48. The lowest BCUT2D eigenvalue weighted by atomic mass is 9.92. The molecule has 0 aliphatic rings. The van der Waals surface area contributed by atoms with Crippen molar-refractivity contribution < 1.29 is 23.5 Å². The highest BCUT2D eigenvalue weighted by Crippen LogP contribution is 2.30. The number of ether oxygens (including phenoxy) is 2. The molecule has 0 radical (unpaired) electrons. The van der Waals surface area contributed by atoms with E-state index < -0.39 is 18.5 Å². The van der Waals surface area contributed by atoms with E-state index in [9.17, 15) is 9.59 Å². The highest BCUT2D eigenvalue weighted by atomic mass is 16.5. The summed E-state index contributed by atoms with van der Waals surface area (Å²) in [5.74, 6) is 0.0474. The molecule has 0 spiro atoms. The molecular formula is C27H29N3O5. The molecule has 35 heavy (non-hydrogen) atoms. The van der Waals surface area contributed by atoms with E-state index in [1.54, 1.807) is 23.7 Å². The van der Waals surface area contributed by atoms with Gasteiger partial charge in [-0.3, -0.25) is 4.79 Å². The molecule has 0 saturated heterocycles. The van der Waals surface area contributed by atoms with Crippen LogP contribution in [0.5, 0.6) is 5.75 Å². The van der Waals surface area contributed by atoms with Crippen LogP contribution in [0.25, 0.3) is 16.7 Å². The normalized spacial score (nSPS) is 11.5. The van der Waals surface area contributed by atoms with Crippen LogP contribution in [0.1, 0.15) is 49.5 Å². The number of anilines is 1. The fourth-order valence-corrected chi connectivity index (χ4v) is 3.63. The predicted molar refractivity (Wildman–Crippen MR) is 133 cm³/mol. The predicted octanol–water partition coefficient (Wildman–Crippen LogP) is 5.42. The third kappa shape index (κ3) is 5.21. The summed E-state index contributed by atoms with van der Waals surface area (Å²) in [6.07, 6.45) is 0. The molecule has 8 heteroatoms. The molecule has 2 aromatic carbocycles. The molecular weight excluding hydrogens is 446 g/mol. The van der Waals surface area contributed by atoms with Crippen molar-refractivity contribution in [3.05, 3.63) is 71.6 Å². The van der Waals surface area contributed by atoms with Crippen LogP contribution in [0.4, 0.5) is 5.82 Å². The van der Waals surface area contributed by atoms with Gasteiger partial charge in [0.05, 0.1) is 18.0 Å². The number of carbonyl (C=O) groups excluding carboxylic acids is 2. The SMILES string of the molecule is CCOc1ccc2oc(C(=O)OCC(=O)Nc3cc(C(C)(C)C)nn3-c3ccccc3)c(C)c2c1. The number of hydrogen-bond donors (Lipinski definition) is 1. The van der Waals surface area contributed by atoms with Gasteiger partial charge in [-0.25, -0.2) is 9.48 Å². The zero-order chi connectivity index (χ0) is 25.2. The lowest BCUT2D eigenvalue weighted by Gasteiger charge is -2.14. The van der Waals surface area contributed by atoms with Crippen LogP contribution >= 0.6 is 0 Å². The summed E-state index contributed by atoms with van der Waals surface area (Å²) in [5, 5.41) is 8.24. The van der Waals surface area contributed by atoms with Gasteiger partial charge in [-0.15, -0.1) is 0 Å². The van der Waals surface area contributed by atoms with Crippen LogP contribution in [0, 0.1) is 6.92 Å². The van der Waals surface area contributed by atoms with E-state index in [1.165, 1.54) is 0 Å². The number of nitrogens with zero attached hydrogens (tertiary/aromatic N) is 2. The second-order valence-corrected chi connectivity index (χ2v) is 9.18. The number of carbonyl (C=O) groups is 2. The first-order chi connectivity index (χ1) is 16.7. The number of amides is 1. The molecule has 0 fully saturated rings. The lowest BCUT2D eigenvalue weighted by Crippen LogP contribution is -2.22. The van der Waals surface area contributed by atoms with E-state index in [-0.39, 0.29) is 11.2 Å². The molecule has 1 N–H and O–H groups in total. The molecule has 4 aromatic rings. The van der Waals surface area contributed by atoms with Crippen LogP contribution in [0.3, 0.4) is 0 Å². The van der Waals surface area contributed by atoms with Crippen molar-refractivity contribution in [3.8, 4) is 11.4 Å². The van der Waals surface area contributed by atoms with Gasteiger partial charge in [0.25, 0.3) is 5.91 Å². The Balaban J connectivity index is 1.48. The molecule has 0 atom stereocenters. The van der Waals surface area contributed by atoms with E-state index in [0.29, 0.717) is 29.3 Å². The molecule has 0 aliphatic heterocycles. The van der Waals surface area contributed by atoms with E-state index in [2.05, 4.69) is 10.4 Å². The molecule has 2 heterocycles.